The molecule has 108 valence electrons. The molecular weight excluding hydrogens is 264 g/mol. The average Bonchev–Trinajstić information content (AvgIpc) is 2.75. The lowest BCUT2D eigenvalue weighted by atomic mass is 10.0. The zero-order chi connectivity index (χ0) is 13.9. The fourth-order valence-corrected chi connectivity index (χ4v) is 3.88. The van der Waals surface area contributed by atoms with Gasteiger partial charge in [0.1, 0.15) is 0 Å². The number of nitrogens with zero attached hydrogens (tertiary/aromatic N) is 3. The highest BCUT2D eigenvalue weighted by Gasteiger charge is 2.25. The molecule has 1 aromatic rings. The number of sulfonamides is 1. The van der Waals surface area contributed by atoms with E-state index in [0.29, 0.717) is 6.54 Å². The van der Waals surface area contributed by atoms with Crippen molar-refractivity contribution in [2.24, 2.45) is 13.0 Å². The van der Waals surface area contributed by atoms with Crippen LogP contribution in [0.15, 0.2) is 12.4 Å². The molecule has 1 aliphatic rings. The molecule has 1 atom stereocenters. The van der Waals surface area contributed by atoms with Gasteiger partial charge in [-0.25, -0.2) is 12.7 Å². The molecular formula is C12H22N4O2S. The molecule has 0 spiro atoms. The third-order valence-electron chi connectivity index (χ3n) is 3.48. The Kier molecular flexibility index (Phi) is 4.59. The van der Waals surface area contributed by atoms with E-state index < -0.39 is 10.0 Å². The molecule has 1 saturated heterocycles. The van der Waals surface area contributed by atoms with Crippen molar-refractivity contribution in [1.82, 2.24) is 19.4 Å². The molecule has 0 radical (unpaired) electrons. The highest BCUT2D eigenvalue weighted by atomic mass is 32.2. The van der Waals surface area contributed by atoms with Gasteiger partial charge in [0.15, 0.2) is 0 Å². The largest absolute Gasteiger partial charge is 0.316 e. The quantitative estimate of drug-likeness (QED) is 0.838. The minimum absolute atomic E-state index is 0.232. The van der Waals surface area contributed by atoms with E-state index in [2.05, 4.69) is 10.4 Å². The first-order chi connectivity index (χ1) is 8.97. The Morgan fingerprint density at radius 1 is 1.58 bits per heavy atom. The molecule has 6 nitrogen and oxygen atoms in total. The molecule has 19 heavy (non-hydrogen) atoms. The minimum atomic E-state index is -3.19. The first-order valence-electron chi connectivity index (χ1n) is 6.59. The van der Waals surface area contributed by atoms with Crippen LogP contribution < -0.4 is 5.32 Å². The van der Waals surface area contributed by atoms with Gasteiger partial charge in [-0.2, -0.15) is 5.10 Å². The normalized spacial score (nSPS) is 20.9. The van der Waals surface area contributed by atoms with Gasteiger partial charge in [-0.1, -0.05) is 0 Å². The fraction of sp³-hybridized carbons (Fsp3) is 0.750. The van der Waals surface area contributed by atoms with Crippen LogP contribution in [0.25, 0.3) is 0 Å². The van der Waals surface area contributed by atoms with E-state index in [4.69, 9.17) is 0 Å². The first kappa shape index (κ1) is 14.5. The number of aryl methyl sites for hydroxylation is 1. The lowest BCUT2D eigenvalue weighted by Crippen LogP contribution is -2.38. The monoisotopic (exact) mass is 286 g/mol. The fourth-order valence-electron chi connectivity index (χ4n) is 2.40. The van der Waals surface area contributed by atoms with Crippen molar-refractivity contribution in [3.05, 3.63) is 18.0 Å². The Hall–Kier alpha value is -0.920. The topological polar surface area (TPSA) is 67.2 Å². The van der Waals surface area contributed by atoms with Crippen LogP contribution >= 0.6 is 0 Å². The van der Waals surface area contributed by atoms with Gasteiger partial charge in [0, 0.05) is 32.4 Å². The molecule has 1 aliphatic heterocycles. The Morgan fingerprint density at radius 3 is 2.95 bits per heavy atom. The van der Waals surface area contributed by atoms with E-state index in [-0.39, 0.29) is 11.7 Å². The summed E-state index contributed by atoms with van der Waals surface area (Å²) in [6.07, 6.45) is 5.60. The smallest absolute Gasteiger partial charge is 0.214 e. The summed E-state index contributed by atoms with van der Waals surface area (Å²) in [4.78, 5) is 0. The van der Waals surface area contributed by atoms with Crippen LogP contribution in [-0.4, -0.2) is 48.4 Å². The summed E-state index contributed by atoms with van der Waals surface area (Å²) in [5, 5.41) is 7.31. The van der Waals surface area contributed by atoms with Crippen molar-refractivity contribution in [1.29, 1.82) is 0 Å². The van der Waals surface area contributed by atoms with E-state index in [9.17, 15) is 8.42 Å². The molecule has 1 unspecified atom stereocenters. The Balaban J connectivity index is 1.94. The lowest BCUT2D eigenvalue weighted by molar-refractivity contribution is 0.391. The predicted octanol–water partition coefficient (Wildman–Crippen LogP) is 0.181. The standard InChI is InChI=1S/C12H22N4O2S/c1-15-8-12(7-14-15)9-16(2)19(17,18)10-11-4-3-5-13-6-11/h7-8,11,13H,3-6,9-10H2,1-2H3. The molecule has 0 saturated carbocycles. The van der Waals surface area contributed by atoms with Gasteiger partial charge in [0.05, 0.1) is 11.9 Å². The Labute approximate surface area is 114 Å². The van der Waals surface area contributed by atoms with Gasteiger partial charge in [0.25, 0.3) is 0 Å². The van der Waals surface area contributed by atoms with Gasteiger partial charge in [0.2, 0.25) is 10.0 Å². The number of rotatable bonds is 5. The highest BCUT2D eigenvalue weighted by Crippen LogP contribution is 2.15. The molecule has 1 N–H and O–H groups in total. The average molecular weight is 286 g/mol. The molecule has 1 aromatic heterocycles. The second-order valence-electron chi connectivity index (χ2n) is 5.27. The number of aromatic nitrogens is 2. The van der Waals surface area contributed by atoms with Crippen LogP contribution in [0, 0.1) is 5.92 Å². The number of nitrogens with one attached hydrogen (secondary N) is 1. The van der Waals surface area contributed by atoms with Crippen molar-refractivity contribution < 1.29 is 8.42 Å². The Morgan fingerprint density at radius 2 is 2.37 bits per heavy atom. The maximum atomic E-state index is 12.3. The molecule has 0 aromatic carbocycles. The van der Waals surface area contributed by atoms with Crippen LogP contribution in [0.2, 0.25) is 0 Å². The van der Waals surface area contributed by atoms with Crippen LogP contribution in [0.5, 0.6) is 0 Å². The summed E-state index contributed by atoms with van der Waals surface area (Å²) in [7, 11) is 0.270. The van der Waals surface area contributed by atoms with Crippen molar-refractivity contribution in [3.8, 4) is 0 Å². The predicted molar refractivity (Wildman–Crippen MR) is 74.1 cm³/mol. The van der Waals surface area contributed by atoms with Crippen molar-refractivity contribution in [2.75, 3.05) is 25.9 Å². The van der Waals surface area contributed by atoms with Crippen molar-refractivity contribution in [2.45, 2.75) is 19.4 Å². The van der Waals surface area contributed by atoms with Gasteiger partial charge >= 0.3 is 0 Å². The van der Waals surface area contributed by atoms with Crippen LogP contribution in [0.4, 0.5) is 0 Å². The van der Waals surface area contributed by atoms with E-state index in [1.54, 1.807) is 17.9 Å². The minimum Gasteiger partial charge on any atom is -0.316 e. The van der Waals surface area contributed by atoms with E-state index >= 15 is 0 Å². The lowest BCUT2D eigenvalue weighted by Gasteiger charge is -2.25. The molecule has 1 fully saturated rings. The first-order valence-corrected chi connectivity index (χ1v) is 8.20. The maximum absolute atomic E-state index is 12.3. The molecule has 0 amide bonds. The van der Waals surface area contributed by atoms with Gasteiger partial charge in [-0.3, -0.25) is 4.68 Å². The number of hydrogen-bond acceptors (Lipinski definition) is 4. The number of hydrogen-bond donors (Lipinski definition) is 1. The molecule has 7 heteroatoms. The molecule has 2 heterocycles. The van der Waals surface area contributed by atoms with Crippen LogP contribution in [-0.2, 0) is 23.6 Å². The summed E-state index contributed by atoms with van der Waals surface area (Å²) >= 11 is 0. The summed E-state index contributed by atoms with van der Waals surface area (Å²) in [6, 6.07) is 0. The van der Waals surface area contributed by atoms with Gasteiger partial charge in [-0.15, -0.1) is 0 Å². The van der Waals surface area contributed by atoms with E-state index in [1.165, 1.54) is 4.31 Å². The summed E-state index contributed by atoms with van der Waals surface area (Å²) < 4.78 is 27.7. The highest BCUT2D eigenvalue weighted by molar-refractivity contribution is 7.89. The van der Waals surface area contributed by atoms with Crippen molar-refractivity contribution >= 4 is 10.0 Å². The van der Waals surface area contributed by atoms with Crippen molar-refractivity contribution in [3.63, 3.8) is 0 Å². The zero-order valence-corrected chi connectivity index (χ0v) is 12.4. The molecule has 0 bridgehead atoms. The summed E-state index contributed by atoms with van der Waals surface area (Å²) in [5.41, 5.74) is 0.912. The third-order valence-corrected chi connectivity index (χ3v) is 5.46. The van der Waals surface area contributed by atoms with E-state index in [1.807, 2.05) is 13.2 Å². The summed E-state index contributed by atoms with van der Waals surface area (Å²) in [5.74, 6) is 0.464. The van der Waals surface area contributed by atoms with Crippen LogP contribution in [0.1, 0.15) is 18.4 Å². The maximum Gasteiger partial charge on any atom is 0.214 e. The second-order valence-corrected chi connectivity index (χ2v) is 7.39. The van der Waals surface area contributed by atoms with Gasteiger partial charge < -0.3 is 5.32 Å². The van der Waals surface area contributed by atoms with E-state index in [0.717, 1.165) is 31.5 Å². The third kappa shape index (κ3) is 4.02. The second kappa shape index (κ2) is 6.02. The SMILES string of the molecule is CN(Cc1cnn(C)c1)S(=O)(=O)CC1CCCNC1. The van der Waals surface area contributed by atoms with Gasteiger partial charge in [-0.05, 0) is 31.8 Å². The molecule has 0 aliphatic carbocycles. The number of piperidine rings is 1. The zero-order valence-electron chi connectivity index (χ0n) is 11.5. The van der Waals surface area contributed by atoms with Crippen LogP contribution in [0.3, 0.4) is 0 Å². The summed E-state index contributed by atoms with van der Waals surface area (Å²) in [6.45, 7) is 2.19. The Bertz CT molecular complexity index is 506. The molecule has 2 rings (SSSR count).